The Balaban J connectivity index is 2.01. The quantitative estimate of drug-likeness (QED) is 0.663. The van der Waals surface area contributed by atoms with Gasteiger partial charge in [-0.05, 0) is 30.2 Å². The average Bonchev–Trinajstić information content (AvgIpc) is 2.46. The standard InChI is InChI=1S/C17H16O3/c1-13(18)11-16(19)12-20-17-9-7-15(8-10-17)14-5-3-2-4-6-14/h2-11,19H,12H2,1H3. The lowest BCUT2D eigenvalue weighted by molar-refractivity contribution is -0.112. The molecule has 0 fully saturated rings. The van der Waals surface area contributed by atoms with E-state index in [-0.39, 0.29) is 18.1 Å². The van der Waals surface area contributed by atoms with Crippen molar-refractivity contribution in [3.05, 3.63) is 66.4 Å². The van der Waals surface area contributed by atoms with Gasteiger partial charge in [0.2, 0.25) is 0 Å². The Labute approximate surface area is 118 Å². The molecule has 0 amide bonds. The molecule has 102 valence electrons. The van der Waals surface area contributed by atoms with Crippen molar-refractivity contribution in [1.29, 1.82) is 0 Å². The van der Waals surface area contributed by atoms with Gasteiger partial charge in [-0.15, -0.1) is 0 Å². The lowest BCUT2D eigenvalue weighted by Gasteiger charge is -2.07. The van der Waals surface area contributed by atoms with Crippen LogP contribution in [0.15, 0.2) is 66.4 Å². The minimum atomic E-state index is -0.203. The Bertz CT molecular complexity index is 598. The predicted octanol–water partition coefficient (Wildman–Crippen LogP) is 3.76. The zero-order valence-corrected chi connectivity index (χ0v) is 11.2. The van der Waals surface area contributed by atoms with Crippen LogP contribution in [0.4, 0.5) is 0 Å². The first-order chi connectivity index (χ1) is 9.65. The third-order valence-electron chi connectivity index (χ3n) is 2.72. The third-order valence-corrected chi connectivity index (χ3v) is 2.72. The van der Waals surface area contributed by atoms with Crippen LogP contribution in [0.2, 0.25) is 0 Å². The van der Waals surface area contributed by atoms with Gasteiger partial charge in [-0.2, -0.15) is 0 Å². The minimum absolute atomic E-state index is 0.00966. The first kappa shape index (κ1) is 13.9. The largest absolute Gasteiger partial charge is 0.509 e. The second kappa shape index (κ2) is 6.57. The molecule has 2 aromatic rings. The lowest BCUT2D eigenvalue weighted by Crippen LogP contribution is -2.02. The van der Waals surface area contributed by atoms with E-state index in [1.807, 2.05) is 54.6 Å². The summed E-state index contributed by atoms with van der Waals surface area (Å²) in [6.07, 6.45) is 1.15. The van der Waals surface area contributed by atoms with Crippen molar-refractivity contribution >= 4 is 5.78 Å². The number of benzene rings is 2. The molecule has 0 spiro atoms. The van der Waals surface area contributed by atoms with E-state index >= 15 is 0 Å². The Kier molecular flexibility index (Phi) is 4.56. The maximum Gasteiger partial charge on any atom is 0.156 e. The summed E-state index contributed by atoms with van der Waals surface area (Å²) in [4.78, 5) is 10.8. The minimum Gasteiger partial charge on any atom is -0.509 e. The van der Waals surface area contributed by atoms with Gasteiger partial charge in [-0.1, -0.05) is 42.5 Å². The van der Waals surface area contributed by atoms with Gasteiger partial charge in [0.15, 0.2) is 5.78 Å². The summed E-state index contributed by atoms with van der Waals surface area (Å²) in [6.45, 7) is 1.37. The normalized spacial score (nSPS) is 11.2. The molecular weight excluding hydrogens is 252 g/mol. The molecule has 3 heteroatoms. The topological polar surface area (TPSA) is 46.5 Å². The maximum atomic E-state index is 10.8. The summed E-state index contributed by atoms with van der Waals surface area (Å²) in [6, 6.07) is 17.6. The zero-order valence-electron chi connectivity index (χ0n) is 11.2. The second-order valence-electron chi connectivity index (χ2n) is 4.43. The fourth-order valence-electron chi connectivity index (χ4n) is 1.81. The number of carbonyl (C=O) groups excluding carboxylic acids is 1. The Morgan fingerprint density at radius 2 is 1.65 bits per heavy atom. The molecule has 0 aromatic heterocycles. The molecule has 0 bridgehead atoms. The third kappa shape index (κ3) is 3.99. The predicted molar refractivity (Wildman–Crippen MR) is 78.8 cm³/mol. The molecule has 0 aliphatic carbocycles. The monoisotopic (exact) mass is 268 g/mol. The van der Waals surface area contributed by atoms with E-state index in [1.165, 1.54) is 6.92 Å². The molecular formula is C17H16O3. The van der Waals surface area contributed by atoms with Crippen LogP contribution in [0.3, 0.4) is 0 Å². The van der Waals surface area contributed by atoms with E-state index in [0.29, 0.717) is 5.75 Å². The van der Waals surface area contributed by atoms with Gasteiger partial charge in [0.05, 0.1) is 0 Å². The number of carbonyl (C=O) groups is 1. The average molecular weight is 268 g/mol. The molecule has 0 heterocycles. The van der Waals surface area contributed by atoms with Gasteiger partial charge in [0.1, 0.15) is 18.1 Å². The Morgan fingerprint density at radius 1 is 1.05 bits per heavy atom. The van der Waals surface area contributed by atoms with Crippen molar-refractivity contribution in [3.63, 3.8) is 0 Å². The SMILES string of the molecule is CC(=O)C=C(O)COc1ccc(-c2ccccc2)cc1. The highest BCUT2D eigenvalue weighted by Crippen LogP contribution is 2.22. The van der Waals surface area contributed by atoms with Crippen LogP contribution in [0.25, 0.3) is 11.1 Å². The number of hydrogen-bond donors (Lipinski definition) is 1. The Hall–Kier alpha value is -2.55. The molecule has 0 radical (unpaired) electrons. The molecule has 0 saturated carbocycles. The fourth-order valence-corrected chi connectivity index (χ4v) is 1.81. The van der Waals surface area contributed by atoms with E-state index < -0.39 is 0 Å². The summed E-state index contributed by atoms with van der Waals surface area (Å²) in [7, 11) is 0. The number of rotatable bonds is 5. The molecule has 1 N–H and O–H groups in total. The summed E-state index contributed by atoms with van der Waals surface area (Å²) in [5, 5.41) is 9.43. The van der Waals surface area contributed by atoms with Crippen LogP contribution >= 0.6 is 0 Å². The van der Waals surface area contributed by atoms with Crippen molar-refractivity contribution in [2.75, 3.05) is 6.61 Å². The first-order valence-electron chi connectivity index (χ1n) is 6.33. The van der Waals surface area contributed by atoms with Crippen molar-refractivity contribution in [2.24, 2.45) is 0 Å². The van der Waals surface area contributed by atoms with E-state index in [0.717, 1.165) is 17.2 Å². The van der Waals surface area contributed by atoms with Crippen molar-refractivity contribution in [3.8, 4) is 16.9 Å². The summed E-state index contributed by atoms with van der Waals surface area (Å²) in [5.41, 5.74) is 2.24. The van der Waals surface area contributed by atoms with Crippen LogP contribution in [0.5, 0.6) is 5.75 Å². The molecule has 0 aliphatic rings. The zero-order chi connectivity index (χ0) is 14.4. The van der Waals surface area contributed by atoms with Crippen molar-refractivity contribution in [1.82, 2.24) is 0 Å². The number of ketones is 1. The smallest absolute Gasteiger partial charge is 0.156 e. The van der Waals surface area contributed by atoms with E-state index in [2.05, 4.69) is 0 Å². The number of aliphatic hydroxyl groups is 1. The van der Waals surface area contributed by atoms with Gasteiger partial charge < -0.3 is 9.84 Å². The molecule has 0 saturated heterocycles. The number of hydrogen-bond acceptors (Lipinski definition) is 3. The number of aliphatic hydroxyl groups excluding tert-OH is 1. The molecule has 2 aromatic carbocycles. The maximum absolute atomic E-state index is 10.8. The summed E-state index contributed by atoms with van der Waals surface area (Å²) in [5.74, 6) is 0.364. The molecule has 2 rings (SSSR count). The highest BCUT2D eigenvalue weighted by Gasteiger charge is 2.00. The number of allylic oxidation sites excluding steroid dienone is 1. The van der Waals surface area contributed by atoms with E-state index in [4.69, 9.17) is 4.74 Å². The van der Waals surface area contributed by atoms with Gasteiger partial charge in [0, 0.05) is 6.08 Å². The van der Waals surface area contributed by atoms with Crippen molar-refractivity contribution in [2.45, 2.75) is 6.92 Å². The van der Waals surface area contributed by atoms with Crippen LogP contribution in [-0.4, -0.2) is 17.5 Å². The fraction of sp³-hybridized carbons (Fsp3) is 0.118. The van der Waals surface area contributed by atoms with Crippen LogP contribution in [0, 0.1) is 0 Å². The first-order valence-corrected chi connectivity index (χ1v) is 6.33. The van der Waals surface area contributed by atoms with Gasteiger partial charge in [-0.25, -0.2) is 0 Å². The highest BCUT2D eigenvalue weighted by atomic mass is 16.5. The van der Waals surface area contributed by atoms with E-state index in [1.54, 1.807) is 0 Å². The van der Waals surface area contributed by atoms with Crippen LogP contribution < -0.4 is 4.74 Å². The number of ether oxygens (including phenoxy) is 1. The van der Waals surface area contributed by atoms with Crippen molar-refractivity contribution < 1.29 is 14.6 Å². The molecule has 3 nitrogen and oxygen atoms in total. The van der Waals surface area contributed by atoms with Crippen LogP contribution in [-0.2, 0) is 4.79 Å². The van der Waals surface area contributed by atoms with Crippen LogP contribution in [0.1, 0.15) is 6.92 Å². The molecule has 0 unspecified atom stereocenters. The van der Waals surface area contributed by atoms with Gasteiger partial charge in [0.25, 0.3) is 0 Å². The molecule has 0 atom stereocenters. The molecule has 20 heavy (non-hydrogen) atoms. The van der Waals surface area contributed by atoms with Gasteiger partial charge >= 0.3 is 0 Å². The summed E-state index contributed by atoms with van der Waals surface area (Å²) >= 11 is 0. The summed E-state index contributed by atoms with van der Waals surface area (Å²) < 4.78 is 5.39. The van der Waals surface area contributed by atoms with Gasteiger partial charge in [-0.3, -0.25) is 4.79 Å². The Morgan fingerprint density at radius 3 is 2.25 bits per heavy atom. The van der Waals surface area contributed by atoms with E-state index in [9.17, 15) is 9.90 Å². The lowest BCUT2D eigenvalue weighted by atomic mass is 10.1. The second-order valence-corrected chi connectivity index (χ2v) is 4.43. The molecule has 0 aliphatic heterocycles. The highest BCUT2D eigenvalue weighted by molar-refractivity contribution is 5.87.